The molecule has 9 heteroatoms. The third-order valence-corrected chi connectivity index (χ3v) is 6.76. The fraction of sp³-hybridized carbons (Fsp3) is 0.156. The Balaban J connectivity index is 1.63. The molecule has 41 heavy (non-hydrogen) atoms. The van der Waals surface area contributed by atoms with Crippen molar-refractivity contribution in [2.24, 2.45) is 0 Å². The van der Waals surface area contributed by atoms with Crippen molar-refractivity contribution in [3.63, 3.8) is 0 Å². The van der Waals surface area contributed by atoms with Crippen LogP contribution in [0.2, 0.25) is 0 Å². The van der Waals surface area contributed by atoms with Gasteiger partial charge in [0.1, 0.15) is 11.5 Å². The molecule has 0 saturated carbocycles. The molecular formula is C32H27ClN2O6. The van der Waals surface area contributed by atoms with Crippen molar-refractivity contribution < 1.29 is 23.8 Å². The van der Waals surface area contributed by atoms with E-state index in [0.29, 0.717) is 34.8 Å². The highest BCUT2D eigenvalue weighted by Crippen LogP contribution is 2.33. The molecule has 208 valence electrons. The van der Waals surface area contributed by atoms with Gasteiger partial charge in [-0.1, -0.05) is 42.5 Å². The van der Waals surface area contributed by atoms with Crippen LogP contribution in [-0.4, -0.2) is 23.2 Å². The smallest absolute Gasteiger partial charge is 0.457 e. The summed E-state index contributed by atoms with van der Waals surface area (Å²) in [6.45, 7) is 3.57. The molecule has 1 aromatic heterocycles. The largest absolute Gasteiger partial charge is 0.514 e. The molecule has 8 nitrogen and oxygen atoms in total. The molecule has 0 aliphatic heterocycles. The van der Waals surface area contributed by atoms with E-state index >= 15 is 0 Å². The van der Waals surface area contributed by atoms with Crippen molar-refractivity contribution in [3.05, 3.63) is 106 Å². The fourth-order valence-corrected chi connectivity index (χ4v) is 4.99. The lowest BCUT2D eigenvalue weighted by Crippen LogP contribution is -2.19. The minimum Gasteiger partial charge on any atom is -0.457 e. The molecule has 0 saturated heterocycles. The van der Waals surface area contributed by atoms with Crippen LogP contribution >= 0.6 is 11.6 Å². The van der Waals surface area contributed by atoms with Crippen LogP contribution in [-0.2, 0) is 22.0 Å². The fourth-order valence-electron chi connectivity index (χ4n) is 4.72. The third kappa shape index (κ3) is 6.02. The normalized spacial score (nSPS) is 10.9. The first-order valence-corrected chi connectivity index (χ1v) is 13.5. The van der Waals surface area contributed by atoms with Crippen molar-refractivity contribution >= 4 is 51.0 Å². The molecule has 0 radical (unpaired) electrons. The van der Waals surface area contributed by atoms with Crippen molar-refractivity contribution in [1.82, 2.24) is 4.57 Å². The zero-order valence-corrected chi connectivity index (χ0v) is 23.2. The maximum atomic E-state index is 13.7. The number of amides is 1. The molecule has 1 heterocycles. The van der Waals surface area contributed by atoms with Gasteiger partial charge < -0.3 is 24.1 Å². The molecule has 1 N–H and O–H groups in total. The summed E-state index contributed by atoms with van der Waals surface area (Å²) in [5, 5.41) is 5.13. The van der Waals surface area contributed by atoms with Gasteiger partial charge in [0.2, 0.25) is 11.3 Å². The molecule has 0 unspecified atom stereocenters. The van der Waals surface area contributed by atoms with Gasteiger partial charge in [-0.3, -0.25) is 9.59 Å². The number of hydrogen-bond donors (Lipinski definition) is 1. The lowest BCUT2D eigenvalue weighted by Gasteiger charge is -2.18. The number of aromatic nitrogens is 1. The number of nitrogens with zero attached hydrogens (tertiary/aromatic N) is 1. The van der Waals surface area contributed by atoms with E-state index in [9.17, 15) is 14.4 Å². The predicted molar refractivity (Wildman–Crippen MR) is 159 cm³/mol. The number of alkyl halides is 1. The monoisotopic (exact) mass is 570 g/mol. The Bertz CT molecular complexity index is 1810. The number of carbonyl (C=O) groups is 2. The molecule has 4 aromatic carbocycles. The number of halogens is 1. The standard InChI is InChI=1S/C32H27ClN2O6/c1-3-39-32(38)41-29-19-35(18-22-9-6-8-21-7-4-5-10-25(21)22)27-15-16-28(26(17-33)30(27)31(29)37)40-24-13-11-23(12-14-24)34-20(2)36/h4-16,19H,3,17-18H2,1-2H3,(H,34,36). The highest BCUT2D eigenvalue weighted by Gasteiger charge is 2.20. The van der Waals surface area contributed by atoms with Crippen LogP contribution in [0.1, 0.15) is 25.0 Å². The first-order chi connectivity index (χ1) is 19.9. The van der Waals surface area contributed by atoms with Gasteiger partial charge >= 0.3 is 6.16 Å². The van der Waals surface area contributed by atoms with Crippen molar-refractivity contribution in [3.8, 4) is 17.2 Å². The number of nitrogens with one attached hydrogen (secondary N) is 1. The van der Waals surface area contributed by atoms with Crippen LogP contribution in [0.3, 0.4) is 0 Å². The number of benzene rings is 4. The highest BCUT2D eigenvalue weighted by atomic mass is 35.5. The van der Waals surface area contributed by atoms with Crippen molar-refractivity contribution in [2.75, 3.05) is 11.9 Å². The number of hydrogen-bond acceptors (Lipinski definition) is 6. The Morgan fingerprint density at radius 3 is 2.41 bits per heavy atom. The van der Waals surface area contributed by atoms with Crippen LogP contribution < -0.4 is 20.2 Å². The van der Waals surface area contributed by atoms with E-state index in [4.69, 9.17) is 25.8 Å². The summed E-state index contributed by atoms with van der Waals surface area (Å²) >= 11 is 6.42. The summed E-state index contributed by atoms with van der Waals surface area (Å²) in [7, 11) is 0. The van der Waals surface area contributed by atoms with E-state index in [1.54, 1.807) is 43.3 Å². The summed E-state index contributed by atoms with van der Waals surface area (Å²) in [6, 6.07) is 24.4. The Morgan fingerprint density at radius 1 is 0.927 bits per heavy atom. The number of pyridine rings is 1. The van der Waals surface area contributed by atoms with Crippen molar-refractivity contribution in [2.45, 2.75) is 26.3 Å². The lowest BCUT2D eigenvalue weighted by atomic mass is 10.0. The topological polar surface area (TPSA) is 95.9 Å². The van der Waals surface area contributed by atoms with Gasteiger partial charge in [0.15, 0.2) is 5.75 Å². The third-order valence-electron chi connectivity index (χ3n) is 6.49. The minimum absolute atomic E-state index is 0.0387. The Kier molecular flexibility index (Phi) is 8.21. The van der Waals surface area contributed by atoms with Gasteiger partial charge in [-0.25, -0.2) is 4.79 Å². The molecule has 0 aliphatic rings. The van der Waals surface area contributed by atoms with E-state index in [2.05, 4.69) is 5.32 Å². The second-order valence-electron chi connectivity index (χ2n) is 9.25. The van der Waals surface area contributed by atoms with Gasteiger partial charge in [0.05, 0.1) is 29.6 Å². The second kappa shape index (κ2) is 12.1. The Hall–Kier alpha value is -4.82. The summed E-state index contributed by atoms with van der Waals surface area (Å²) in [6.07, 6.45) is 0.544. The van der Waals surface area contributed by atoms with E-state index in [1.807, 2.05) is 47.0 Å². The van der Waals surface area contributed by atoms with Crippen molar-refractivity contribution in [1.29, 1.82) is 0 Å². The highest BCUT2D eigenvalue weighted by molar-refractivity contribution is 6.18. The molecule has 5 aromatic rings. The van der Waals surface area contributed by atoms with Crippen LogP contribution in [0.15, 0.2) is 89.9 Å². The molecule has 0 atom stereocenters. The minimum atomic E-state index is -0.972. The molecule has 1 amide bonds. The molecule has 0 aliphatic carbocycles. The van der Waals surface area contributed by atoms with Crippen LogP contribution in [0, 0.1) is 0 Å². The van der Waals surface area contributed by atoms with Gasteiger partial charge in [-0.15, -0.1) is 11.6 Å². The van der Waals surface area contributed by atoms with Gasteiger partial charge in [-0.05, 0) is 59.7 Å². The van der Waals surface area contributed by atoms with E-state index < -0.39 is 11.6 Å². The average molecular weight is 571 g/mol. The van der Waals surface area contributed by atoms with E-state index in [1.165, 1.54) is 13.1 Å². The molecule has 0 spiro atoms. The van der Waals surface area contributed by atoms with Crippen LogP contribution in [0.25, 0.3) is 21.7 Å². The SMILES string of the molecule is CCOC(=O)Oc1cn(Cc2cccc3ccccc23)c2ccc(Oc3ccc(NC(C)=O)cc3)c(CCl)c2c1=O. The summed E-state index contributed by atoms with van der Waals surface area (Å²) < 4.78 is 18.3. The molecule has 5 rings (SSSR count). The molecular weight excluding hydrogens is 544 g/mol. The first-order valence-electron chi connectivity index (χ1n) is 13.0. The zero-order chi connectivity index (χ0) is 28.9. The first kappa shape index (κ1) is 27.7. The number of fused-ring (bicyclic) bond motifs is 2. The van der Waals surface area contributed by atoms with E-state index in [0.717, 1.165) is 16.3 Å². The quantitative estimate of drug-likeness (QED) is 0.156. The Labute approximate surface area is 241 Å². The number of rotatable bonds is 8. The van der Waals surface area contributed by atoms with Crippen LogP contribution in [0.5, 0.6) is 17.2 Å². The lowest BCUT2D eigenvalue weighted by molar-refractivity contribution is -0.114. The number of anilines is 1. The zero-order valence-electron chi connectivity index (χ0n) is 22.5. The summed E-state index contributed by atoms with van der Waals surface area (Å²) in [5.41, 5.74) is 2.17. The van der Waals surface area contributed by atoms with Gasteiger partial charge in [-0.2, -0.15) is 0 Å². The summed E-state index contributed by atoms with van der Waals surface area (Å²) in [4.78, 5) is 37.3. The summed E-state index contributed by atoms with van der Waals surface area (Å²) in [5.74, 6) is 0.461. The number of carbonyl (C=O) groups excluding carboxylic acids is 2. The molecule has 0 bridgehead atoms. The maximum absolute atomic E-state index is 13.7. The maximum Gasteiger partial charge on any atom is 0.514 e. The Morgan fingerprint density at radius 2 is 1.68 bits per heavy atom. The van der Waals surface area contributed by atoms with Crippen LogP contribution in [0.4, 0.5) is 10.5 Å². The van der Waals surface area contributed by atoms with E-state index in [-0.39, 0.29) is 29.5 Å². The molecule has 0 fully saturated rings. The van der Waals surface area contributed by atoms with Gasteiger partial charge in [0, 0.05) is 24.7 Å². The second-order valence-corrected chi connectivity index (χ2v) is 9.52. The number of ether oxygens (including phenoxy) is 3. The predicted octanol–water partition coefficient (Wildman–Crippen LogP) is 7.23. The average Bonchev–Trinajstić information content (AvgIpc) is 2.96. The van der Waals surface area contributed by atoms with Gasteiger partial charge in [0.25, 0.3) is 0 Å².